The monoisotopic (exact) mass is 531 g/mol. The molecule has 214 valence electrons. The number of esters is 1. The fourth-order valence-electron chi connectivity index (χ4n) is 5.54. The Hall–Kier alpha value is -2.70. The SMILES string of the molecule is C=C(C)/C(COC(=O)N(C)C1CCCC1)=C(\OC)C1=CC=C(OC)C(C)(C)C1.COC(=O)C1CCCCC1. The van der Waals surface area contributed by atoms with Crippen molar-refractivity contribution in [3.8, 4) is 0 Å². The van der Waals surface area contributed by atoms with Crippen molar-refractivity contribution in [1.82, 2.24) is 4.90 Å². The first kappa shape index (κ1) is 31.5. The highest BCUT2D eigenvalue weighted by Crippen LogP contribution is 2.40. The Morgan fingerprint density at radius 3 is 2.08 bits per heavy atom. The van der Waals surface area contributed by atoms with E-state index < -0.39 is 0 Å². The normalized spacial score (nSPS) is 20.1. The van der Waals surface area contributed by atoms with Crippen molar-refractivity contribution in [2.24, 2.45) is 11.3 Å². The number of hydrogen-bond acceptors (Lipinski definition) is 6. The third-order valence-corrected chi connectivity index (χ3v) is 7.88. The van der Waals surface area contributed by atoms with E-state index in [2.05, 4.69) is 25.2 Å². The fraction of sp³-hybridized carbons (Fsp3) is 0.677. The zero-order valence-electron chi connectivity index (χ0n) is 24.7. The van der Waals surface area contributed by atoms with Gasteiger partial charge >= 0.3 is 12.1 Å². The molecule has 0 saturated heterocycles. The summed E-state index contributed by atoms with van der Waals surface area (Å²) >= 11 is 0. The minimum Gasteiger partial charge on any atom is -0.501 e. The van der Waals surface area contributed by atoms with Crippen LogP contribution in [-0.2, 0) is 23.7 Å². The zero-order valence-corrected chi connectivity index (χ0v) is 24.7. The lowest BCUT2D eigenvalue weighted by atomic mass is 9.79. The summed E-state index contributed by atoms with van der Waals surface area (Å²) in [6.07, 6.45) is 14.7. The number of hydrogen-bond donors (Lipinski definition) is 0. The third kappa shape index (κ3) is 8.67. The van der Waals surface area contributed by atoms with Gasteiger partial charge in [-0.3, -0.25) is 4.79 Å². The number of rotatable bonds is 8. The second kappa shape index (κ2) is 15.0. The molecule has 7 nitrogen and oxygen atoms in total. The molecule has 0 aromatic heterocycles. The van der Waals surface area contributed by atoms with Gasteiger partial charge in [0.1, 0.15) is 18.1 Å². The van der Waals surface area contributed by atoms with Gasteiger partial charge in [-0.2, -0.15) is 0 Å². The van der Waals surface area contributed by atoms with Crippen LogP contribution >= 0.6 is 0 Å². The molecule has 0 atom stereocenters. The van der Waals surface area contributed by atoms with Crippen molar-refractivity contribution in [2.45, 2.75) is 91.0 Å². The molecular formula is C31H49NO6. The van der Waals surface area contributed by atoms with Crippen LogP contribution < -0.4 is 0 Å². The van der Waals surface area contributed by atoms with Gasteiger partial charge in [0, 0.05) is 24.1 Å². The highest BCUT2D eigenvalue weighted by molar-refractivity contribution is 5.72. The predicted molar refractivity (Wildman–Crippen MR) is 150 cm³/mol. The third-order valence-electron chi connectivity index (χ3n) is 7.88. The summed E-state index contributed by atoms with van der Waals surface area (Å²) in [5, 5.41) is 0. The summed E-state index contributed by atoms with van der Waals surface area (Å²) in [6.45, 7) is 10.4. The molecule has 0 N–H and O–H groups in total. The molecule has 1 amide bonds. The second-order valence-electron chi connectivity index (χ2n) is 11.2. The fourth-order valence-corrected chi connectivity index (χ4v) is 5.54. The average Bonchev–Trinajstić information content (AvgIpc) is 3.45. The lowest BCUT2D eigenvalue weighted by Gasteiger charge is -2.32. The smallest absolute Gasteiger partial charge is 0.410 e. The van der Waals surface area contributed by atoms with E-state index in [-0.39, 0.29) is 36.0 Å². The number of nitrogens with zero attached hydrogens (tertiary/aromatic N) is 1. The maximum Gasteiger partial charge on any atom is 0.410 e. The van der Waals surface area contributed by atoms with Crippen LogP contribution in [-0.4, -0.2) is 58.0 Å². The van der Waals surface area contributed by atoms with Crippen molar-refractivity contribution < 1.29 is 28.5 Å². The van der Waals surface area contributed by atoms with Crippen LogP contribution in [0.15, 0.2) is 47.0 Å². The molecule has 7 heteroatoms. The van der Waals surface area contributed by atoms with E-state index in [9.17, 15) is 9.59 Å². The Kier molecular flexibility index (Phi) is 12.5. The first-order valence-corrected chi connectivity index (χ1v) is 13.9. The molecule has 0 heterocycles. The van der Waals surface area contributed by atoms with Gasteiger partial charge in [-0.1, -0.05) is 58.6 Å². The molecule has 0 unspecified atom stereocenters. The maximum absolute atomic E-state index is 12.5. The van der Waals surface area contributed by atoms with E-state index in [1.165, 1.54) is 39.2 Å². The first-order valence-electron chi connectivity index (χ1n) is 13.9. The zero-order chi connectivity index (χ0) is 28.3. The van der Waals surface area contributed by atoms with E-state index >= 15 is 0 Å². The van der Waals surface area contributed by atoms with Crippen molar-refractivity contribution in [3.63, 3.8) is 0 Å². The quantitative estimate of drug-likeness (QED) is 0.189. The molecule has 3 aliphatic carbocycles. The molecule has 2 fully saturated rings. The predicted octanol–water partition coefficient (Wildman–Crippen LogP) is 7.10. The van der Waals surface area contributed by atoms with Gasteiger partial charge in [-0.15, -0.1) is 0 Å². The number of methoxy groups -OCH3 is 3. The highest BCUT2D eigenvalue weighted by Gasteiger charge is 2.31. The lowest BCUT2D eigenvalue weighted by molar-refractivity contribution is -0.146. The van der Waals surface area contributed by atoms with Crippen LogP contribution in [0, 0.1) is 11.3 Å². The summed E-state index contributed by atoms with van der Waals surface area (Å²) in [4.78, 5) is 25.2. The van der Waals surface area contributed by atoms with E-state index in [0.717, 1.165) is 60.3 Å². The summed E-state index contributed by atoms with van der Waals surface area (Å²) in [5.41, 5.74) is 2.55. The highest BCUT2D eigenvalue weighted by atomic mass is 16.6. The molecule has 3 rings (SSSR count). The molecule has 0 radical (unpaired) electrons. The molecular weight excluding hydrogens is 482 g/mol. The minimum absolute atomic E-state index is 0.0142. The van der Waals surface area contributed by atoms with Crippen molar-refractivity contribution in [1.29, 1.82) is 0 Å². The van der Waals surface area contributed by atoms with Crippen molar-refractivity contribution in [2.75, 3.05) is 35.0 Å². The molecule has 2 saturated carbocycles. The molecule has 38 heavy (non-hydrogen) atoms. The molecule has 0 aromatic rings. The Balaban J connectivity index is 0.000000423. The minimum atomic E-state index is -0.291. The van der Waals surface area contributed by atoms with Crippen LogP contribution in [0.1, 0.15) is 85.0 Å². The van der Waals surface area contributed by atoms with Crippen LogP contribution in [0.2, 0.25) is 0 Å². The summed E-state index contributed by atoms with van der Waals surface area (Å²) in [6, 6.07) is 0.283. The van der Waals surface area contributed by atoms with Crippen LogP contribution in [0.3, 0.4) is 0 Å². The molecule has 0 bridgehead atoms. The van der Waals surface area contributed by atoms with Crippen molar-refractivity contribution in [3.05, 3.63) is 47.0 Å². The Bertz CT molecular complexity index is 917. The van der Waals surface area contributed by atoms with Gasteiger partial charge in [0.05, 0.1) is 27.2 Å². The largest absolute Gasteiger partial charge is 0.501 e. The molecule has 3 aliphatic rings. The van der Waals surface area contributed by atoms with E-state index in [0.29, 0.717) is 0 Å². The van der Waals surface area contributed by atoms with Crippen LogP contribution in [0.4, 0.5) is 4.79 Å². The summed E-state index contributed by atoms with van der Waals surface area (Å²) in [5.74, 6) is 1.86. The van der Waals surface area contributed by atoms with E-state index in [1.807, 2.05) is 26.1 Å². The summed E-state index contributed by atoms with van der Waals surface area (Å²) < 4.78 is 21.5. The van der Waals surface area contributed by atoms with Crippen LogP contribution in [0.25, 0.3) is 0 Å². The number of carbonyl (C=O) groups excluding carboxylic acids is 2. The van der Waals surface area contributed by atoms with Gasteiger partial charge in [0.2, 0.25) is 0 Å². The lowest BCUT2D eigenvalue weighted by Crippen LogP contribution is -2.36. The van der Waals surface area contributed by atoms with E-state index in [1.54, 1.807) is 19.1 Å². The maximum atomic E-state index is 12.5. The number of carbonyl (C=O) groups is 2. The second-order valence-corrected chi connectivity index (χ2v) is 11.2. The van der Waals surface area contributed by atoms with Gasteiger partial charge in [-0.05, 0) is 56.3 Å². The number of amides is 1. The molecule has 0 aliphatic heterocycles. The van der Waals surface area contributed by atoms with Gasteiger partial charge in [-0.25, -0.2) is 4.79 Å². The Morgan fingerprint density at radius 2 is 1.58 bits per heavy atom. The first-order chi connectivity index (χ1) is 18.0. The van der Waals surface area contributed by atoms with Gasteiger partial charge in [0.15, 0.2) is 0 Å². The molecule has 0 aromatic carbocycles. The summed E-state index contributed by atoms with van der Waals surface area (Å²) in [7, 11) is 6.63. The van der Waals surface area contributed by atoms with Crippen molar-refractivity contribution >= 4 is 12.1 Å². The Labute approximate surface area is 229 Å². The number of allylic oxidation sites excluding steroid dienone is 4. The standard InChI is InChI=1S/C23H35NO4.C8H14O2/c1-16(2)19(15-28-22(25)24(5)18-10-8-9-11-18)21(27-7)17-12-13-20(26-6)23(3,4)14-17;1-10-8(9)7-5-3-2-4-6-7/h12-13,18H,1,8-11,14-15H2,2-7H3;7H,2-6H2,1H3/b21-19-;. The van der Waals surface area contributed by atoms with Gasteiger partial charge in [0.25, 0.3) is 0 Å². The van der Waals surface area contributed by atoms with Gasteiger partial charge < -0.3 is 23.8 Å². The molecule has 0 spiro atoms. The van der Waals surface area contributed by atoms with E-state index in [4.69, 9.17) is 14.2 Å². The Morgan fingerprint density at radius 1 is 0.974 bits per heavy atom. The van der Waals surface area contributed by atoms with Crippen LogP contribution in [0.5, 0.6) is 0 Å². The average molecular weight is 532 g/mol. The topological polar surface area (TPSA) is 74.3 Å². The number of ether oxygens (including phenoxy) is 4.